The molecule has 3 rings (SSSR count). The van der Waals surface area contributed by atoms with Gasteiger partial charge in [-0.3, -0.25) is 0 Å². The van der Waals surface area contributed by atoms with E-state index >= 15 is 0 Å². The number of benzene rings is 1. The Morgan fingerprint density at radius 2 is 2.10 bits per heavy atom. The lowest BCUT2D eigenvalue weighted by Crippen LogP contribution is -2.10. The summed E-state index contributed by atoms with van der Waals surface area (Å²) in [5.41, 5.74) is 1.47. The Labute approximate surface area is 131 Å². The molecule has 1 atom stereocenters. The SMILES string of the molecule is N#Cc1cccc(NC(c2ccco2)c2ccc(Cl)s2)c1. The topological polar surface area (TPSA) is 49.0 Å². The Morgan fingerprint density at radius 1 is 1.19 bits per heavy atom. The number of thiophene rings is 1. The van der Waals surface area contributed by atoms with E-state index in [0.29, 0.717) is 5.56 Å². The minimum atomic E-state index is -0.133. The quantitative estimate of drug-likeness (QED) is 0.731. The van der Waals surface area contributed by atoms with Gasteiger partial charge >= 0.3 is 0 Å². The Kier molecular flexibility index (Phi) is 3.96. The van der Waals surface area contributed by atoms with E-state index in [1.54, 1.807) is 12.3 Å². The molecule has 0 aliphatic rings. The van der Waals surface area contributed by atoms with Gasteiger partial charge in [-0.2, -0.15) is 5.26 Å². The van der Waals surface area contributed by atoms with Crippen molar-refractivity contribution in [2.45, 2.75) is 6.04 Å². The predicted molar refractivity (Wildman–Crippen MR) is 84.7 cm³/mol. The molecule has 0 amide bonds. The van der Waals surface area contributed by atoms with Crippen molar-refractivity contribution in [2.24, 2.45) is 0 Å². The molecule has 21 heavy (non-hydrogen) atoms. The first-order chi connectivity index (χ1) is 10.3. The maximum absolute atomic E-state index is 8.99. The Bertz CT molecular complexity index is 774. The fourth-order valence-electron chi connectivity index (χ4n) is 2.07. The molecule has 0 fully saturated rings. The molecule has 1 unspecified atom stereocenters. The monoisotopic (exact) mass is 314 g/mol. The second-order valence-corrected chi connectivity index (χ2v) is 6.17. The summed E-state index contributed by atoms with van der Waals surface area (Å²) in [6.45, 7) is 0. The Hall–Kier alpha value is -2.22. The fourth-order valence-corrected chi connectivity index (χ4v) is 3.19. The van der Waals surface area contributed by atoms with Crippen LogP contribution < -0.4 is 5.32 Å². The molecule has 0 spiro atoms. The maximum Gasteiger partial charge on any atom is 0.131 e. The van der Waals surface area contributed by atoms with E-state index in [4.69, 9.17) is 21.3 Å². The van der Waals surface area contributed by atoms with Crippen LogP contribution in [0.4, 0.5) is 5.69 Å². The van der Waals surface area contributed by atoms with Crippen LogP contribution in [0.1, 0.15) is 22.2 Å². The first-order valence-electron chi connectivity index (χ1n) is 6.31. The van der Waals surface area contributed by atoms with E-state index in [1.165, 1.54) is 11.3 Å². The van der Waals surface area contributed by atoms with Crippen LogP contribution in [-0.2, 0) is 0 Å². The van der Waals surface area contributed by atoms with E-state index in [2.05, 4.69) is 11.4 Å². The highest BCUT2D eigenvalue weighted by molar-refractivity contribution is 7.16. The summed E-state index contributed by atoms with van der Waals surface area (Å²) in [5.74, 6) is 0.802. The minimum Gasteiger partial charge on any atom is -0.467 e. The predicted octanol–water partition coefficient (Wildman–Crippen LogP) is 5.07. The van der Waals surface area contributed by atoms with Gasteiger partial charge in [0.1, 0.15) is 11.8 Å². The van der Waals surface area contributed by atoms with Crippen LogP contribution in [0.25, 0.3) is 0 Å². The summed E-state index contributed by atoms with van der Waals surface area (Å²) in [6, 6.07) is 17.0. The van der Waals surface area contributed by atoms with Crippen LogP contribution in [0.3, 0.4) is 0 Å². The first kappa shape index (κ1) is 13.7. The second kappa shape index (κ2) is 6.04. The molecule has 5 heteroatoms. The van der Waals surface area contributed by atoms with Crippen LogP contribution in [0.2, 0.25) is 4.34 Å². The molecule has 1 N–H and O–H groups in total. The van der Waals surface area contributed by atoms with E-state index < -0.39 is 0 Å². The van der Waals surface area contributed by atoms with E-state index in [1.807, 2.05) is 42.5 Å². The standard InChI is InChI=1S/C16H11ClN2OS/c17-15-7-6-14(21-15)16(13-5-2-8-20-13)19-12-4-1-3-11(9-12)10-18/h1-9,16,19H. The molecule has 1 aromatic carbocycles. The molecule has 0 radical (unpaired) electrons. The van der Waals surface area contributed by atoms with Gasteiger partial charge in [0, 0.05) is 10.6 Å². The normalized spacial score (nSPS) is 11.8. The minimum absolute atomic E-state index is 0.133. The van der Waals surface area contributed by atoms with Crippen molar-refractivity contribution in [1.29, 1.82) is 5.26 Å². The highest BCUT2D eigenvalue weighted by Gasteiger charge is 2.19. The summed E-state index contributed by atoms with van der Waals surface area (Å²) in [6.07, 6.45) is 1.64. The average molecular weight is 315 g/mol. The molecule has 2 aromatic heterocycles. The van der Waals surface area contributed by atoms with Crippen LogP contribution >= 0.6 is 22.9 Å². The smallest absolute Gasteiger partial charge is 0.131 e. The summed E-state index contributed by atoms with van der Waals surface area (Å²) in [7, 11) is 0. The highest BCUT2D eigenvalue weighted by atomic mass is 35.5. The molecule has 0 bridgehead atoms. The third-order valence-corrected chi connectivity index (χ3v) is 4.30. The van der Waals surface area contributed by atoms with Gasteiger partial charge in [-0.1, -0.05) is 17.7 Å². The number of nitrogens with one attached hydrogen (secondary N) is 1. The van der Waals surface area contributed by atoms with Gasteiger partial charge in [-0.25, -0.2) is 0 Å². The van der Waals surface area contributed by atoms with Gasteiger partial charge < -0.3 is 9.73 Å². The molecule has 3 nitrogen and oxygen atoms in total. The van der Waals surface area contributed by atoms with Crippen LogP contribution in [0.15, 0.2) is 59.2 Å². The van der Waals surface area contributed by atoms with Crippen molar-refractivity contribution < 1.29 is 4.42 Å². The summed E-state index contributed by atoms with van der Waals surface area (Å²) < 4.78 is 6.25. The van der Waals surface area contributed by atoms with Crippen LogP contribution in [0.5, 0.6) is 0 Å². The number of nitriles is 1. The van der Waals surface area contributed by atoms with Crippen molar-refractivity contribution >= 4 is 28.6 Å². The van der Waals surface area contributed by atoms with Gasteiger partial charge in [0.05, 0.1) is 22.2 Å². The van der Waals surface area contributed by atoms with E-state index in [9.17, 15) is 0 Å². The van der Waals surface area contributed by atoms with E-state index in [-0.39, 0.29) is 6.04 Å². The van der Waals surface area contributed by atoms with Crippen molar-refractivity contribution in [3.05, 3.63) is 75.3 Å². The molecule has 104 valence electrons. The number of hydrogen-bond acceptors (Lipinski definition) is 4. The van der Waals surface area contributed by atoms with Crippen LogP contribution in [0, 0.1) is 11.3 Å². The van der Waals surface area contributed by atoms with Gasteiger partial charge in [0.25, 0.3) is 0 Å². The van der Waals surface area contributed by atoms with Gasteiger partial charge in [0.15, 0.2) is 0 Å². The Morgan fingerprint density at radius 3 is 2.76 bits per heavy atom. The summed E-state index contributed by atoms with van der Waals surface area (Å²) >= 11 is 7.53. The van der Waals surface area contributed by atoms with Crippen molar-refractivity contribution in [3.63, 3.8) is 0 Å². The van der Waals surface area contributed by atoms with Gasteiger partial charge in [-0.15, -0.1) is 11.3 Å². The largest absolute Gasteiger partial charge is 0.467 e. The third kappa shape index (κ3) is 3.10. The van der Waals surface area contributed by atoms with Gasteiger partial charge in [-0.05, 0) is 42.5 Å². The number of hydrogen-bond donors (Lipinski definition) is 1. The maximum atomic E-state index is 8.99. The summed E-state index contributed by atoms with van der Waals surface area (Å²) in [5, 5.41) is 12.4. The zero-order valence-electron chi connectivity index (χ0n) is 10.9. The zero-order valence-corrected chi connectivity index (χ0v) is 12.5. The molecule has 2 heterocycles. The molecule has 3 aromatic rings. The molecule has 0 saturated carbocycles. The Balaban J connectivity index is 1.95. The molecule has 0 saturated heterocycles. The number of halogens is 1. The van der Waals surface area contributed by atoms with Crippen molar-refractivity contribution in [1.82, 2.24) is 0 Å². The first-order valence-corrected chi connectivity index (χ1v) is 7.51. The molecule has 0 aliphatic carbocycles. The summed E-state index contributed by atoms with van der Waals surface area (Å²) in [4.78, 5) is 1.05. The van der Waals surface area contributed by atoms with Gasteiger partial charge in [0.2, 0.25) is 0 Å². The number of nitrogens with zero attached hydrogens (tertiary/aromatic N) is 1. The fraction of sp³-hybridized carbons (Fsp3) is 0.0625. The lowest BCUT2D eigenvalue weighted by Gasteiger charge is -2.16. The molecular weight excluding hydrogens is 304 g/mol. The third-order valence-electron chi connectivity index (χ3n) is 3.01. The number of furan rings is 1. The lowest BCUT2D eigenvalue weighted by atomic mass is 10.1. The van der Waals surface area contributed by atoms with Crippen LogP contribution in [-0.4, -0.2) is 0 Å². The molecule has 0 aliphatic heterocycles. The molecular formula is C16H11ClN2OS. The number of rotatable bonds is 4. The highest BCUT2D eigenvalue weighted by Crippen LogP contribution is 2.33. The number of anilines is 1. The van der Waals surface area contributed by atoms with E-state index in [0.717, 1.165) is 20.7 Å². The average Bonchev–Trinajstić information content (AvgIpc) is 3.16. The second-order valence-electron chi connectivity index (χ2n) is 4.43. The van der Waals surface area contributed by atoms with Crippen molar-refractivity contribution in [2.75, 3.05) is 5.32 Å². The zero-order chi connectivity index (χ0) is 14.7. The lowest BCUT2D eigenvalue weighted by molar-refractivity contribution is 0.501. The van der Waals surface area contributed by atoms with Crippen molar-refractivity contribution in [3.8, 4) is 6.07 Å².